The van der Waals surface area contributed by atoms with Gasteiger partial charge in [0.25, 0.3) is 0 Å². The topological polar surface area (TPSA) is 72.0 Å². The predicted octanol–water partition coefficient (Wildman–Crippen LogP) is 4.64. The summed E-state index contributed by atoms with van der Waals surface area (Å²) in [7, 11) is 1.62. The number of likely N-dealkylation sites (tertiary alicyclic amines) is 1. The molecule has 8 heteroatoms. The van der Waals surface area contributed by atoms with Gasteiger partial charge in [-0.05, 0) is 73.0 Å². The average molecular weight is 490 g/mol. The van der Waals surface area contributed by atoms with Gasteiger partial charge in [-0.15, -0.1) is 0 Å². The SMILES string of the molecule is COc1ccc(CN(C(=O)C2CCN(C(=O)OC(C)(C)C)C2)c2ncccc2Br)cc1. The molecule has 7 nitrogen and oxygen atoms in total. The van der Waals surface area contributed by atoms with E-state index in [1.165, 1.54) is 0 Å². The Hall–Kier alpha value is -2.61. The van der Waals surface area contributed by atoms with Crippen LogP contribution in [0.25, 0.3) is 0 Å². The molecule has 1 unspecified atom stereocenters. The number of benzene rings is 1. The molecule has 0 spiro atoms. The molecule has 0 bridgehead atoms. The fraction of sp³-hybridized carbons (Fsp3) is 0.435. The Morgan fingerprint density at radius 1 is 1.23 bits per heavy atom. The zero-order valence-corrected chi connectivity index (χ0v) is 19.9. The second kappa shape index (κ2) is 9.68. The minimum atomic E-state index is -0.571. The van der Waals surface area contributed by atoms with E-state index in [2.05, 4.69) is 20.9 Å². The molecule has 0 N–H and O–H groups in total. The summed E-state index contributed by atoms with van der Waals surface area (Å²) >= 11 is 3.52. The summed E-state index contributed by atoms with van der Waals surface area (Å²) in [5.74, 6) is 0.921. The largest absolute Gasteiger partial charge is 0.497 e. The maximum absolute atomic E-state index is 13.5. The summed E-state index contributed by atoms with van der Waals surface area (Å²) in [6.45, 7) is 6.68. The molecule has 2 amide bonds. The Labute approximate surface area is 191 Å². The van der Waals surface area contributed by atoms with Gasteiger partial charge < -0.3 is 14.4 Å². The van der Waals surface area contributed by atoms with E-state index >= 15 is 0 Å². The van der Waals surface area contributed by atoms with Crippen molar-refractivity contribution < 1.29 is 19.1 Å². The van der Waals surface area contributed by atoms with E-state index < -0.39 is 5.60 Å². The molecule has 3 rings (SSSR count). The molecular weight excluding hydrogens is 462 g/mol. The highest BCUT2D eigenvalue weighted by Crippen LogP contribution is 2.29. The number of carbonyl (C=O) groups is 2. The number of carbonyl (C=O) groups excluding carboxylic acids is 2. The number of pyridine rings is 1. The summed E-state index contributed by atoms with van der Waals surface area (Å²) in [5, 5.41) is 0. The molecule has 0 radical (unpaired) electrons. The standard InChI is InChI=1S/C23H28BrN3O4/c1-23(2,3)31-22(29)26-13-11-17(15-26)21(28)27(20-19(24)6-5-12-25-20)14-16-7-9-18(30-4)10-8-16/h5-10,12,17H,11,13-15H2,1-4H3. The summed E-state index contributed by atoms with van der Waals surface area (Å²) in [5.41, 5.74) is 0.381. The van der Waals surface area contributed by atoms with Crippen LogP contribution in [0.1, 0.15) is 32.8 Å². The monoisotopic (exact) mass is 489 g/mol. The van der Waals surface area contributed by atoms with Gasteiger partial charge >= 0.3 is 6.09 Å². The number of hydrogen-bond donors (Lipinski definition) is 0. The summed E-state index contributed by atoms with van der Waals surface area (Å²) in [6.07, 6.45) is 1.86. The van der Waals surface area contributed by atoms with Crippen molar-refractivity contribution in [1.82, 2.24) is 9.88 Å². The highest BCUT2D eigenvalue weighted by atomic mass is 79.9. The van der Waals surface area contributed by atoms with Crippen LogP contribution in [0.2, 0.25) is 0 Å². The molecule has 166 valence electrons. The molecule has 1 atom stereocenters. The van der Waals surface area contributed by atoms with Crippen LogP contribution in [-0.4, -0.2) is 47.7 Å². The number of methoxy groups -OCH3 is 1. The van der Waals surface area contributed by atoms with Crippen molar-refractivity contribution in [2.75, 3.05) is 25.1 Å². The molecule has 1 aliphatic rings. The molecular formula is C23H28BrN3O4. The van der Waals surface area contributed by atoms with Gasteiger partial charge in [-0.1, -0.05) is 12.1 Å². The molecule has 2 heterocycles. The van der Waals surface area contributed by atoms with Gasteiger partial charge in [0.2, 0.25) is 5.91 Å². The maximum Gasteiger partial charge on any atom is 0.410 e. The van der Waals surface area contributed by atoms with Crippen LogP contribution in [-0.2, 0) is 16.1 Å². The molecule has 1 fully saturated rings. The van der Waals surface area contributed by atoms with E-state index in [1.807, 2.05) is 57.2 Å². The summed E-state index contributed by atoms with van der Waals surface area (Å²) in [6, 6.07) is 11.3. The lowest BCUT2D eigenvalue weighted by Gasteiger charge is -2.27. The van der Waals surface area contributed by atoms with E-state index in [0.717, 1.165) is 15.8 Å². The predicted molar refractivity (Wildman–Crippen MR) is 122 cm³/mol. The Morgan fingerprint density at radius 2 is 1.94 bits per heavy atom. The van der Waals surface area contributed by atoms with Crippen molar-refractivity contribution in [2.24, 2.45) is 5.92 Å². The Balaban J connectivity index is 1.80. The summed E-state index contributed by atoms with van der Waals surface area (Å²) < 4.78 is 11.4. The fourth-order valence-electron chi connectivity index (χ4n) is 3.42. The number of aromatic nitrogens is 1. The number of halogens is 1. The van der Waals surface area contributed by atoms with Crippen molar-refractivity contribution in [1.29, 1.82) is 0 Å². The lowest BCUT2D eigenvalue weighted by molar-refractivity contribution is -0.122. The molecule has 1 aromatic carbocycles. The summed E-state index contributed by atoms with van der Waals surface area (Å²) in [4.78, 5) is 33.7. The van der Waals surface area contributed by atoms with Crippen molar-refractivity contribution in [2.45, 2.75) is 39.3 Å². The lowest BCUT2D eigenvalue weighted by Crippen LogP contribution is -2.39. The van der Waals surface area contributed by atoms with Crippen LogP contribution in [0.4, 0.5) is 10.6 Å². The number of anilines is 1. The normalized spacial score (nSPS) is 16.2. The molecule has 0 aliphatic carbocycles. The first-order valence-electron chi connectivity index (χ1n) is 10.2. The van der Waals surface area contributed by atoms with Gasteiger partial charge in [0, 0.05) is 19.3 Å². The van der Waals surface area contributed by atoms with Crippen molar-refractivity contribution in [3.8, 4) is 5.75 Å². The van der Waals surface area contributed by atoms with E-state index in [4.69, 9.17) is 9.47 Å². The number of rotatable bonds is 5. The molecule has 31 heavy (non-hydrogen) atoms. The van der Waals surface area contributed by atoms with Crippen LogP contribution < -0.4 is 9.64 Å². The van der Waals surface area contributed by atoms with E-state index in [1.54, 1.807) is 23.1 Å². The van der Waals surface area contributed by atoms with E-state index in [9.17, 15) is 9.59 Å². The second-order valence-electron chi connectivity index (χ2n) is 8.49. The molecule has 1 aromatic heterocycles. The zero-order valence-electron chi connectivity index (χ0n) is 18.3. The van der Waals surface area contributed by atoms with Crippen molar-refractivity contribution in [3.63, 3.8) is 0 Å². The van der Waals surface area contributed by atoms with E-state index in [-0.39, 0.29) is 17.9 Å². The third kappa shape index (κ3) is 5.97. The Kier molecular flexibility index (Phi) is 7.20. The van der Waals surface area contributed by atoms with Crippen LogP contribution in [0, 0.1) is 5.92 Å². The van der Waals surface area contributed by atoms with Crippen LogP contribution in [0.3, 0.4) is 0 Å². The minimum absolute atomic E-state index is 0.0683. The first kappa shape index (κ1) is 23.1. The van der Waals surface area contributed by atoms with E-state index in [0.29, 0.717) is 31.9 Å². The second-order valence-corrected chi connectivity index (χ2v) is 9.35. The molecule has 0 saturated carbocycles. The highest BCUT2D eigenvalue weighted by Gasteiger charge is 2.36. The fourth-order valence-corrected chi connectivity index (χ4v) is 3.89. The Bertz CT molecular complexity index is 927. The Morgan fingerprint density at radius 3 is 2.55 bits per heavy atom. The van der Waals surface area contributed by atoms with Gasteiger partial charge in [0.15, 0.2) is 0 Å². The number of amides is 2. The first-order valence-corrected chi connectivity index (χ1v) is 11.0. The smallest absolute Gasteiger partial charge is 0.410 e. The molecule has 2 aromatic rings. The first-order chi connectivity index (χ1) is 14.7. The maximum atomic E-state index is 13.5. The van der Waals surface area contributed by atoms with Crippen molar-refractivity contribution >= 4 is 33.7 Å². The van der Waals surface area contributed by atoms with Gasteiger partial charge in [0.05, 0.1) is 24.0 Å². The third-order valence-corrected chi connectivity index (χ3v) is 5.57. The van der Waals surface area contributed by atoms with Crippen molar-refractivity contribution in [3.05, 3.63) is 52.6 Å². The number of hydrogen-bond acceptors (Lipinski definition) is 5. The number of nitrogens with zero attached hydrogens (tertiary/aromatic N) is 3. The van der Waals surface area contributed by atoms with Gasteiger partial charge in [0.1, 0.15) is 17.2 Å². The van der Waals surface area contributed by atoms with Gasteiger partial charge in [-0.25, -0.2) is 9.78 Å². The van der Waals surface area contributed by atoms with Crippen LogP contribution >= 0.6 is 15.9 Å². The van der Waals surface area contributed by atoms with Gasteiger partial charge in [-0.2, -0.15) is 0 Å². The number of ether oxygens (including phenoxy) is 2. The quantitative estimate of drug-likeness (QED) is 0.611. The molecule has 1 saturated heterocycles. The lowest BCUT2D eigenvalue weighted by atomic mass is 10.1. The third-order valence-electron chi connectivity index (χ3n) is 4.95. The molecule has 1 aliphatic heterocycles. The minimum Gasteiger partial charge on any atom is -0.497 e. The van der Waals surface area contributed by atoms with Crippen LogP contribution in [0.5, 0.6) is 5.75 Å². The van der Waals surface area contributed by atoms with Crippen LogP contribution in [0.15, 0.2) is 47.1 Å². The van der Waals surface area contributed by atoms with Gasteiger partial charge in [-0.3, -0.25) is 9.69 Å². The average Bonchev–Trinajstić information content (AvgIpc) is 3.22. The zero-order chi connectivity index (χ0) is 22.6. The highest BCUT2D eigenvalue weighted by molar-refractivity contribution is 9.10.